The van der Waals surface area contributed by atoms with Gasteiger partial charge in [-0.25, -0.2) is 0 Å². The molecule has 1 aromatic heterocycles. The smallest absolute Gasteiger partial charge is 0.153 e. The maximum Gasteiger partial charge on any atom is 0.153 e. The molecule has 0 saturated carbocycles. The van der Waals surface area contributed by atoms with Crippen LogP contribution < -0.4 is 0 Å². The lowest BCUT2D eigenvalue weighted by Crippen LogP contribution is -2.22. The van der Waals surface area contributed by atoms with Gasteiger partial charge in [0.1, 0.15) is 5.69 Å². The molecule has 0 saturated heterocycles. The van der Waals surface area contributed by atoms with Crippen molar-refractivity contribution in [1.29, 1.82) is 0 Å². The Morgan fingerprint density at radius 3 is 2.58 bits per heavy atom. The molecule has 0 unspecified atom stereocenters. The molecule has 0 aliphatic rings. The maximum absolute atomic E-state index is 11.2. The summed E-state index contributed by atoms with van der Waals surface area (Å²) in [6.07, 6.45) is 2.56. The Bertz CT molecular complexity index is 629. The van der Waals surface area contributed by atoms with E-state index in [9.17, 15) is 4.79 Å². The van der Waals surface area contributed by atoms with Gasteiger partial charge in [-0.1, -0.05) is 33.6 Å². The standard InChI is InChI=1S/C14H14BrClN2O/c1-14(2,3)18-7-9(8-19)13(17-18)11-5-4-10(15)6-12(11)16/h4-8H,1-3H3. The van der Waals surface area contributed by atoms with Crippen molar-refractivity contribution < 1.29 is 4.79 Å². The van der Waals surface area contributed by atoms with E-state index in [1.54, 1.807) is 16.9 Å². The first-order valence-corrected chi connectivity index (χ1v) is 7.01. The molecule has 0 radical (unpaired) electrons. The fourth-order valence-electron chi connectivity index (χ4n) is 1.71. The van der Waals surface area contributed by atoms with Gasteiger partial charge in [0.15, 0.2) is 6.29 Å². The van der Waals surface area contributed by atoms with E-state index < -0.39 is 0 Å². The fourth-order valence-corrected chi connectivity index (χ4v) is 2.47. The highest BCUT2D eigenvalue weighted by atomic mass is 79.9. The lowest BCUT2D eigenvalue weighted by atomic mass is 10.1. The summed E-state index contributed by atoms with van der Waals surface area (Å²) in [6.45, 7) is 6.09. The Hall–Kier alpha value is -1.13. The predicted octanol–water partition coefficient (Wildman–Crippen LogP) is 4.53. The number of aromatic nitrogens is 2. The number of halogens is 2. The molecule has 0 atom stereocenters. The van der Waals surface area contributed by atoms with Crippen LogP contribution in [-0.4, -0.2) is 16.1 Å². The van der Waals surface area contributed by atoms with Crippen LogP contribution in [0.2, 0.25) is 5.02 Å². The van der Waals surface area contributed by atoms with Gasteiger partial charge in [0.05, 0.1) is 16.1 Å². The van der Waals surface area contributed by atoms with E-state index in [2.05, 4.69) is 21.0 Å². The minimum Gasteiger partial charge on any atom is -0.298 e. The lowest BCUT2D eigenvalue weighted by molar-refractivity contribution is 0.112. The molecule has 2 aromatic rings. The quantitative estimate of drug-likeness (QED) is 0.752. The van der Waals surface area contributed by atoms with E-state index in [-0.39, 0.29) is 5.54 Å². The van der Waals surface area contributed by atoms with Gasteiger partial charge in [0.25, 0.3) is 0 Å². The zero-order chi connectivity index (χ0) is 14.2. The van der Waals surface area contributed by atoms with E-state index in [1.807, 2.05) is 32.9 Å². The van der Waals surface area contributed by atoms with E-state index in [4.69, 9.17) is 11.6 Å². The van der Waals surface area contributed by atoms with Crippen molar-refractivity contribution >= 4 is 33.8 Å². The number of rotatable bonds is 2. The van der Waals surface area contributed by atoms with Crippen molar-refractivity contribution in [3.05, 3.63) is 39.5 Å². The van der Waals surface area contributed by atoms with Crippen molar-refractivity contribution in [1.82, 2.24) is 9.78 Å². The molecule has 0 aliphatic carbocycles. The van der Waals surface area contributed by atoms with Gasteiger partial charge in [-0.3, -0.25) is 9.48 Å². The van der Waals surface area contributed by atoms with Crippen LogP contribution in [0.3, 0.4) is 0 Å². The number of hydrogen-bond donors (Lipinski definition) is 0. The number of hydrogen-bond acceptors (Lipinski definition) is 2. The van der Waals surface area contributed by atoms with Crippen molar-refractivity contribution in [3.63, 3.8) is 0 Å². The second-order valence-corrected chi connectivity index (χ2v) is 6.61. The summed E-state index contributed by atoms with van der Waals surface area (Å²) < 4.78 is 2.67. The van der Waals surface area contributed by atoms with Gasteiger partial charge in [-0.15, -0.1) is 0 Å². The van der Waals surface area contributed by atoms with E-state index in [0.29, 0.717) is 16.3 Å². The first kappa shape index (κ1) is 14.3. The Morgan fingerprint density at radius 1 is 1.37 bits per heavy atom. The van der Waals surface area contributed by atoms with Crippen LogP contribution in [0.1, 0.15) is 31.1 Å². The van der Waals surface area contributed by atoms with Crippen LogP contribution in [0.5, 0.6) is 0 Å². The van der Waals surface area contributed by atoms with Gasteiger partial charge < -0.3 is 0 Å². The Morgan fingerprint density at radius 2 is 2.05 bits per heavy atom. The fraction of sp³-hybridized carbons (Fsp3) is 0.286. The molecule has 2 rings (SSSR count). The zero-order valence-corrected chi connectivity index (χ0v) is 13.3. The Balaban J connectivity index is 2.61. The van der Waals surface area contributed by atoms with E-state index in [0.717, 1.165) is 16.3 Å². The van der Waals surface area contributed by atoms with Gasteiger partial charge in [0, 0.05) is 16.2 Å². The highest BCUT2D eigenvalue weighted by Crippen LogP contribution is 2.32. The molecule has 5 heteroatoms. The Labute approximate surface area is 125 Å². The SMILES string of the molecule is CC(C)(C)n1cc(C=O)c(-c2ccc(Br)cc2Cl)n1. The lowest BCUT2D eigenvalue weighted by Gasteiger charge is -2.18. The molecule has 0 N–H and O–H groups in total. The van der Waals surface area contributed by atoms with Crippen molar-refractivity contribution in [3.8, 4) is 11.3 Å². The minimum absolute atomic E-state index is 0.183. The third kappa shape index (κ3) is 2.90. The number of aldehydes is 1. The second kappa shape index (κ2) is 5.10. The summed E-state index contributed by atoms with van der Waals surface area (Å²) in [6, 6.07) is 5.53. The summed E-state index contributed by atoms with van der Waals surface area (Å²) in [5.74, 6) is 0. The maximum atomic E-state index is 11.2. The second-order valence-electron chi connectivity index (χ2n) is 5.29. The largest absolute Gasteiger partial charge is 0.298 e. The van der Waals surface area contributed by atoms with Gasteiger partial charge in [0.2, 0.25) is 0 Å². The van der Waals surface area contributed by atoms with Crippen LogP contribution in [0.25, 0.3) is 11.3 Å². The molecular formula is C14H14BrClN2O. The molecule has 0 fully saturated rings. The summed E-state index contributed by atoms with van der Waals surface area (Å²) >= 11 is 9.58. The van der Waals surface area contributed by atoms with Crippen molar-refractivity contribution in [2.45, 2.75) is 26.3 Å². The number of carbonyl (C=O) groups excluding carboxylic acids is 1. The summed E-state index contributed by atoms with van der Waals surface area (Å²) in [5.41, 5.74) is 1.73. The average Bonchev–Trinajstić information content (AvgIpc) is 2.72. The normalized spacial score (nSPS) is 11.6. The molecule has 19 heavy (non-hydrogen) atoms. The van der Waals surface area contributed by atoms with Gasteiger partial charge in [-0.2, -0.15) is 5.10 Å². The third-order valence-electron chi connectivity index (χ3n) is 2.74. The molecule has 0 bridgehead atoms. The number of carbonyl (C=O) groups is 1. The van der Waals surface area contributed by atoms with Crippen molar-refractivity contribution in [2.75, 3.05) is 0 Å². The monoisotopic (exact) mass is 340 g/mol. The third-order valence-corrected chi connectivity index (χ3v) is 3.55. The minimum atomic E-state index is -0.183. The molecular weight excluding hydrogens is 328 g/mol. The van der Waals surface area contributed by atoms with Gasteiger partial charge in [-0.05, 0) is 32.9 Å². The Kier molecular flexibility index (Phi) is 3.83. The highest BCUT2D eigenvalue weighted by Gasteiger charge is 2.19. The molecule has 1 aromatic carbocycles. The van der Waals surface area contributed by atoms with Crippen LogP contribution in [0.4, 0.5) is 0 Å². The summed E-state index contributed by atoms with van der Waals surface area (Å²) in [7, 11) is 0. The highest BCUT2D eigenvalue weighted by molar-refractivity contribution is 9.10. The zero-order valence-electron chi connectivity index (χ0n) is 10.9. The van der Waals surface area contributed by atoms with Crippen molar-refractivity contribution in [2.24, 2.45) is 0 Å². The van der Waals surface area contributed by atoms with E-state index in [1.165, 1.54) is 0 Å². The average molecular weight is 342 g/mol. The molecule has 1 heterocycles. The van der Waals surface area contributed by atoms with Gasteiger partial charge >= 0.3 is 0 Å². The predicted molar refractivity (Wildman–Crippen MR) is 80.8 cm³/mol. The molecule has 3 nitrogen and oxygen atoms in total. The molecule has 0 aliphatic heterocycles. The van der Waals surface area contributed by atoms with Crippen LogP contribution >= 0.6 is 27.5 Å². The van der Waals surface area contributed by atoms with Crippen LogP contribution in [0, 0.1) is 0 Å². The van der Waals surface area contributed by atoms with Crippen LogP contribution in [0.15, 0.2) is 28.9 Å². The summed E-state index contributed by atoms with van der Waals surface area (Å²) in [4.78, 5) is 11.2. The first-order valence-electron chi connectivity index (χ1n) is 5.83. The van der Waals surface area contributed by atoms with Crippen LogP contribution in [-0.2, 0) is 5.54 Å². The van der Waals surface area contributed by atoms with E-state index >= 15 is 0 Å². The molecule has 0 amide bonds. The topological polar surface area (TPSA) is 34.9 Å². The number of nitrogens with zero attached hydrogens (tertiary/aromatic N) is 2. The molecule has 100 valence electrons. The first-order chi connectivity index (χ1) is 8.82. The molecule has 0 spiro atoms. The summed E-state index contributed by atoms with van der Waals surface area (Å²) in [5, 5.41) is 5.07. The number of benzene rings is 1.